The van der Waals surface area contributed by atoms with Crippen LogP contribution in [0.2, 0.25) is 0 Å². The molecule has 7 fully saturated rings. The summed E-state index contributed by atoms with van der Waals surface area (Å²) in [7, 11) is 0. The lowest BCUT2D eigenvalue weighted by molar-refractivity contribution is -0.390. The Morgan fingerprint density at radius 2 is 1.59 bits per heavy atom. The van der Waals surface area contributed by atoms with E-state index in [0.717, 1.165) is 50.0 Å². The Morgan fingerprint density at radius 3 is 2.32 bits per heavy atom. The fraction of sp³-hybridized carbons (Fsp3) is 0.793. The molecule has 34 heavy (non-hydrogen) atoms. The van der Waals surface area contributed by atoms with E-state index in [4.69, 9.17) is 19.2 Å². The normalized spacial score (nSPS) is 43.7. The van der Waals surface area contributed by atoms with Gasteiger partial charge in [-0.1, -0.05) is 18.6 Å². The van der Waals surface area contributed by atoms with E-state index in [1.807, 2.05) is 0 Å². The van der Waals surface area contributed by atoms with E-state index in [-0.39, 0.29) is 0 Å². The average Bonchev–Trinajstić information content (AvgIpc) is 3.22. The monoisotopic (exact) mass is 467 g/mol. The summed E-state index contributed by atoms with van der Waals surface area (Å²) < 4.78 is 13.0. The first-order valence-corrected chi connectivity index (χ1v) is 14.2. The standard InChI is InChI=1S/C29H41NO4/c1-2-11-30(12-3-1)13-14-31-27-8-6-23(7-9-27)24-5-4-10-28(20-24)32-29(34-33-28)25-16-21-15-22(18-25)19-26(29)17-21/h6-9,21-22,24-26H,1-5,10-20H2/t21?,22?,24-,25?,26?,28-,29?/m1/s1. The van der Waals surface area contributed by atoms with Crippen molar-refractivity contribution in [2.45, 2.75) is 94.5 Å². The molecule has 1 aromatic rings. The van der Waals surface area contributed by atoms with Crippen molar-refractivity contribution in [3.8, 4) is 5.75 Å². The summed E-state index contributed by atoms with van der Waals surface area (Å²) in [4.78, 5) is 15.0. The van der Waals surface area contributed by atoms with E-state index in [1.165, 1.54) is 76.4 Å². The highest BCUT2D eigenvalue weighted by Gasteiger charge is 2.67. The van der Waals surface area contributed by atoms with Gasteiger partial charge in [0, 0.05) is 31.2 Å². The van der Waals surface area contributed by atoms with Gasteiger partial charge in [-0.05, 0) is 106 Å². The van der Waals surface area contributed by atoms with Gasteiger partial charge in [-0.2, -0.15) is 9.78 Å². The van der Waals surface area contributed by atoms with Crippen LogP contribution < -0.4 is 4.74 Å². The number of hydrogen-bond acceptors (Lipinski definition) is 5. The van der Waals surface area contributed by atoms with Crippen molar-refractivity contribution >= 4 is 0 Å². The minimum Gasteiger partial charge on any atom is -0.492 e. The molecule has 0 N–H and O–H groups in total. The molecule has 0 unspecified atom stereocenters. The minimum atomic E-state index is -0.554. The van der Waals surface area contributed by atoms with Gasteiger partial charge in [0.2, 0.25) is 11.6 Å². The van der Waals surface area contributed by atoms with Crippen LogP contribution in [0.4, 0.5) is 0 Å². The van der Waals surface area contributed by atoms with E-state index in [0.29, 0.717) is 17.8 Å². The first kappa shape index (κ1) is 22.1. The second-order valence-electron chi connectivity index (χ2n) is 12.3. The lowest BCUT2D eigenvalue weighted by Crippen LogP contribution is -2.59. The zero-order chi connectivity index (χ0) is 22.6. The van der Waals surface area contributed by atoms with Crippen LogP contribution in [0.3, 0.4) is 0 Å². The van der Waals surface area contributed by atoms with Gasteiger partial charge in [-0.3, -0.25) is 4.90 Å². The summed E-state index contributed by atoms with van der Waals surface area (Å²) in [5, 5.41) is 0. The van der Waals surface area contributed by atoms with Crippen molar-refractivity contribution in [2.75, 3.05) is 26.2 Å². The predicted molar refractivity (Wildman–Crippen MR) is 129 cm³/mol. The van der Waals surface area contributed by atoms with Crippen LogP contribution in [0.1, 0.15) is 88.5 Å². The van der Waals surface area contributed by atoms with Gasteiger partial charge in [0.25, 0.3) is 0 Å². The molecule has 2 heterocycles. The third-order valence-corrected chi connectivity index (χ3v) is 10.1. The molecule has 2 aliphatic heterocycles. The highest BCUT2D eigenvalue weighted by molar-refractivity contribution is 5.30. The topological polar surface area (TPSA) is 40.2 Å². The molecule has 5 nitrogen and oxygen atoms in total. The fourth-order valence-corrected chi connectivity index (χ4v) is 8.57. The predicted octanol–water partition coefficient (Wildman–Crippen LogP) is 6.04. The molecule has 0 amide bonds. The number of ether oxygens (including phenoxy) is 2. The van der Waals surface area contributed by atoms with Gasteiger partial charge in [0.15, 0.2) is 0 Å². The number of piperidine rings is 1. The number of hydrogen-bond donors (Lipinski definition) is 0. The highest BCUT2D eigenvalue weighted by Crippen LogP contribution is 2.64. The maximum absolute atomic E-state index is 6.97. The lowest BCUT2D eigenvalue weighted by Gasteiger charge is -2.57. The third-order valence-electron chi connectivity index (χ3n) is 10.1. The van der Waals surface area contributed by atoms with Gasteiger partial charge in [-0.25, -0.2) is 0 Å². The van der Waals surface area contributed by atoms with Crippen LogP contribution in [-0.4, -0.2) is 42.7 Å². The van der Waals surface area contributed by atoms with Crippen molar-refractivity contribution in [2.24, 2.45) is 23.7 Å². The van der Waals surface area contributed by atoms with Gasteiger partial charge < -0.3 is 9.47 Å². The molecule has 5 saturated carbocycles. The number of benzene rings is 1. The summed E-state index contributed by atoms with van der Waals surface area (Å²) >= 11 is 0. The van der Waals surface area contributed by atoms with Gasteiger partial charge >= 0.3 is 0 Å². The van der Waals surface area contributed by atoms with Crippen LogP contribution in [0, 0.1) is 23.7 Å². The molecule has 8 rings (SSSR count). The Morgan fingerprint density at radius 1 is 0.853 bits per heavy atom. The smallest absolute Gasteiger partial charge is 0.210 e. The second-order valence-corrected chi connectivity index (χ2v) is 12.3. The molecule has 186 valence electrons. The summed E-state index contributed by atoms with van der Waals surface area (Å²) in [6, 6.07) is 8.82. The molecule has 5 heteroatoms. The Bertz CT molecular complexity index is 837. The first-order chi connectivity index (χ1) is 16.7. The molecule has 0 aromatic heterocycles. The van der Waals surface area contributed by atoms with Gasteiger partial charge in [0.1, 0.15) is 12.4 Å². The van der Waals surface area contributed by atoms with Crippen LogP contribution in [0.15, 0.2) is 24.3 Å². The van der Waals surface area contributed by atoms with Crippen LogP contribution in [-0.2, 0) is 14.5 Å². The highest BCUT2D eigenvalue weighted by atomic mass is 17.3. The average molecular weight is 468 g/mol. The third kappa shape index (κ3) is 3.91. The number of nitrogens with zero attached hydrogens (tertiary/aromatic N) is 1. The van der Waals surface area contributed by atoms with Crippen molar-refractivity contribution < 1.29 is 19.2 Å². The molecule has 7 aliphatic rings. The van der Waals surface area contributed by atoms with E-state index in [9.17, 15) is 0 Å². The maximum atomic E-state index is 6.97. The van der Waals surface area contributed by atoms with Crippen LogP contribution in [0.25, 0.3) is 0 Å². The van der Waals surface area contributed by atoms with Gasteiger partial charge in [-0.15, -0.1) is 0 Å². The molecule has 1 aromatic carbocycles. The van der Waals surface area contributed by atoms with Crippen molar-refractivity contribution in [3.05, 3.63) is 29.8 Å². The Kier molecular flexibility index (Phi) is 5.69. The van der Waals surface area contributed by atoms with E-state index < -0.39 is 11.6 Å². The SMILES string of the molecule is c1cc([C@@H]2CCC[C@]3(C2)OOC2(O3)C3CC4CC(C3)CC2C4)ccc1OCCN1CCCCC1. The summed E-state index contributed by atoms with van der Waals surface area (Å²) in [5.74, 6) is 3.29. The van der Waals surface area contributed by atoms with Crippen molar-refractivity contribution in [1.29, 1.82) is 0 Å². The summed E-state index contributed by atoms with van der Waals surface area (Å²) in [6.07, 6.45) is 14.7. The molecular weight excluding hydrogens is 426 g/mol. The molecule has 5 aliphatic carbocycles. The summed E-state index contributed by atoms with van der Waals surface area (Å²) in [5.41, 5.74) is 1.38. The van der Waals surface area contributed by atoms with E-state index >= 15 is 0 Å². The minimum absolute atomic E-state index is 0.451. The molecule has 2 saturated heterocycles. The van der Waals surface area contributed by atoms with E-state index in [2.05, 4.69) is 29.2 Å². The zero-order valence-electron chi connectivity index (χ0n) is 20.6. The van der Waals surface area contributed by atoms with Crippen molar-refractivity contribution in [3.63, 3.8) is 0 Å². The first-order valence-electron chi connectivity index (χ1n) is 14.2. The van der Waals surface area contributed by atoms with E-state index in [1.54, 1.807) is 0 Å². The Labute approximate surface area is 204 Å². The molecular formula is C29H41NO4. The van der Waals surface area contributed by atoms with Crippen LogP contribution >= 0.6 is 0 Å². The fourth-order valence-electron chi connectivity index (χ4n) is 8.57. The van der Waals surface area contributed by atoms with Crippen molar-refractivity contribution in [1.82, 2.24) is 4.90 Å². The Hall–Kier alpha value is -1.14. The number of rotatable bonds is 5. The largest absolute Gasteiger partial charge is 0.492 e. The zero-order valence-corrected chi connectivity index (χ0v) is 20.6. The second kappa shape index (κ2) is 8.76. The molecule has 2 atom stereocenters. The van der Waals surface area contributed by atoms with Crippen LogP contribution in [0.5, 0.6) is 5.75 Å². The molecule has 4 bridgehead atoms. The lowest BCUT2D eigenvalue weighted by atomic mass is 9.53. The molecule has 2 spiro atoms. The Balaban J connectivity index is 0.981. The molecule has 0 radical (unpaired) electrons. The van der Waals surface area contributed by atoms with Gasteiger partial charge in [0.05, 0.1) is 0 Å². The maximum Gasteiger partial charge on any atom is 0.210 e. The quantitative estimate of drug-likeness (QED) is 0.494. The number of likely N-dealkylation sites (tertiary alicyclic amines) is 1. The summed E-state index contributed by atoms with van der Waals surface area (Å²) in [6.45, 7) is 4.26.